The number of aryl methyl sites for hydroxylation is 1. The van der Waals surface area contributed by atoms with E-state index in [4.69, 9.17) is 4.74 Å². The summed E-state index contributed by atoms with van der Waals surface area (Å²) in [7, 11) is 1.52. The Balaban J connectivity index is 0.000000924. The van der Waals surface area contributed by atoms with Crippen molar-refractivity contribution in [1.82, 2.24) is 10.2 Å². The number of amides is 3. The average Bonchev–Trinajstić information content (AvgIpc) is 2.85. The smallest absolute Gasteiger partial charge is 0.258 e. The van der Waals surface area contributed by atoms with E-state index in [0.717, 1.165) is 11.1 Å². The first-order valence-electron chi connectivity index (χ1n) is 7.83. The summed E-state index contributed by atoms with van der Waals surface area (Å²) in [4.78, 5) is 37.3. The van der Waals surface area contributed by atoms with Gasteiger partial charge in [0.15, 0.2) is 0 Å². The first-order valence-corrected chi connectivity index (χ1v) is 7.83. The van der Waals surface area contributed by atoms with Gasteiger partial charge in [0.2, 0.25) is 11.8 Å². The number of piperidine rings is 1. The molecule has 0 aliphatic carbocycles. The van der Waals surface area contributed by atoms with Crippen LogP contribution < -0.4 is 10.1 Å². The molecule has 23 heavy (non-hydrogen) atoms. The van der Waals surface area contributed by atoms with Gasteiger partial charge in [-0.1, -0.05) is 19.9 Å². The summed E-state index contributed by atoms with van der Waals surface area (Å²) in [5, 5.41) is 2.29. The van der Waals surface area contributed by atoms with Crippen LogP contribution in [0.2, 0.25) is 0 Å². The Labute approximate surface area is 135 Å². The Bertz CT molecular complexity index is 654. The molecule has 3 rings (SSSR count). The molecule has 1 saturated heterocycles. The van der Waals surface area contributed by atoms with Crippen LogP contribution >= 0.6 is 0 Å². The van der Waals surface area contributed by atoms with Crippen LogP contribution in [0.4, 0.5) is 0 Å². The summed E-state index contributed by atoms with van der Waals surface area (Å²) in [6, 6.07) is 3.15. The van der Waals surface area contributed by atoms with Crippen LogP contribution in [0.3, 0.4) is 0 Å². The highest BCUT2D eigenvalue weighted by Gasteiger charge is 2.40. The van der Waals surface area contributed by atoms with Crippen molar-refractivity contribution >= 4 is 17.7 Å². The lowest BCUT2D eigenvalue weighted by Crippen LogP contribution is -2.52. The molecule has 3 amide bonds. The zero-order valence-electron chi connectivity index (χ0n) is 13.9. The topological polar surface area (TPSA) is 75.7 Å². The molecule has 1 N–H and O–H groups in total. The van der Waals surface area contributed by atoms with Crippen molar-refractivity contribution in [3.05, 3.63) is 28.8 Å². The van der Waals surface area contributed by atoms with Crippen molar-refractivity contribution in [2.75, 3.05) is 7.11 Å². The van der Waals surface area contributed by atoms with E-state index < -0.39 is 11.9 Å². The van der Waals surface area contributed by atoms with Crippen molar-refractivity contribution in [2.45, 2.75) is 46.2 Å². The van der Waals surface area contributed by atoms with Gasteiger partial charge in [0, 0.05) is 13.0 Å². The van der Waals surface area contributed by atoms with E-state index in [9.17, 15) is 14.4 Å². The third-order valence-corrected chi connectivity index (χ3v) is 3.95. The second-order valence-corrected chi connectivity index (χ2v) is 5.40. The maximum Gasteiger partial charge on any atom is 0.258 e. The molecule has 0 spiro atoms. The summed E-state index contributed by atoms with van der Waals surface area (Å²) in [6.07, 6.45) is 0.623. The number of rotatable bonds is 2. The van der Waals surface area contributed by atoms with Crippen LogP contribution in [0, 0.1) is 6.92 Å². The monoisotopic (exact) mass is 318 g/mol. The lowest BCUT2D eigenvalue weighted by Gasteiger charge is -2.29. The molecule has 1 aromatic rings. The lowest BCUT2D eigenvalue weighted by molar-refractivity contribution is -0.136. The summed E-state index contributed by atoms with van der Waals surface area (Å²) in [5.41, 5.74) is 2.39. The predicted molar refractivity (Wildman–Crippen MR) is 85.1 cm³/mol. The second kappa shape index (κ2) is 6.81. The van der Waals surface area contributed by atoms with Crippen LogP contribution in [0.5, 0.6) is 5.75 Å². The molecule has 1 fully saturated rings. The molecule has 1 unspecified atom stereocenters. The van der Waals surface area contributed by atoms with Gasteiger partial charge in [0.25, 0.3) is 5.91 Å². The molecule has 1 atom stereocenters. The van der Waals surface area contributed by atoms with Crippen molar-refractivity contribution in [3.8, 4) is 5.75 Å². The van der Waals surface area contributed by atoms with Crippen molar-refractivity contribution in [3.63, 3.8) is 0 Å². The largest absolute Gasteiger partial charge is 0.496 e. The van der Waals surface area contributed by atoms with Crippen molar-refractivity contribution < 1.29 is 19.1 Å². The first-order chi connectivity index (χ1) is 11.0. The highest BCUT2D eigenvalue weighted by atomic mass is 16.5. The van der Waals surface area contributed by atoms with Gasteiger partial charge >= 0.3 is 0 Å². The molecule has 0 aromatic heterocycles. The SMILES string of the molecule is CC.COc1cc(C)cc2c1C(=O)N(C1CCC(=O)NC1=O)C2. The van der Waals surface area contributed by atoms with Crippen LogP contribution in [-0.4, -0.2) is 35.8 Å². The Hall–Kier alpha value is -2.37. The Morgan fingerprint density at radius 3 is 2.52 bits per heavy atom. The summed E-state index contributed by atoms with van der Waals surface area (Å²) in [5.74, 6) is -0.363. The zero-order chi connectivity index (χ0) is 17.1. The van der Waals surface area contributed by atoms with Gasteiger partial charge in [-0.05, 0) is 30.5 Å². The Kier molecular flexibility index (Phi) is 5.03. The number of carbonyl (C=O) groups is 3. The van der Waals surface area contributed by atoms with Gasteiger partial charge in [-0.25, -0.2) is 0 Å². The van der Waals surface area contributed by atoms with Gasteiger partial charge in [0.05, 0.1) is 12.7 Å². The highest BCUT2D eigenvalue weighted by molar-refractivity contribution is 6.06. The fourth-order valence-electron chi connectivity index (χ4n) is 2.98. The molecule has 0 radical (unpaired) electrons. The number of carbonyl (C=O) groups excluding carboxylic acids is 3. The minimum atomic E-state index is -0.590. The van der Waals surface area contributed by atoms with Gasteiger partial charge in [0.1, 0.15) is 11.8 Å². The van der Waals surface area contributed by atoms with E-state index in [1.807, 2.05) is 32.9 Å². The molecular formula is C17H22N2O4. The first kappa shape index (κ1) is 17.0. The molecule has 6 heteroatoms. The summed E-state index contributed by atoms with van der Waals surface area (Å²) >= 11 is 0. The minimum absolute atomic E-state index is 0.212. The molecule has 0 saturated carbocycles. The van der Waals surface area contributed by atoms with Gasteiger partial charge in [-0.15, -0.1) is 0 Å². The number of methoxy groups -OCH3 is 1. The normalized spacial score (nSPS) is 19.7. The maximum atomic E-state index is 12.6. The molecule has 2 aliphatic rings. The minimum Gasteiger partial charge on any atom is -0.496 e. The molecule has 1 aromatic carbocycles. The predicted octanol–water partition coefficient (Wildman–Crippen LogP) is 1.79. The average molecular weight is 318 g/mol. The fourth-order valence-corrected chi connectivity index (χ4v) is 2.98. The maximum absolute atomic E-state index is 12.6. The lowest BCUT2D eigenvalue weighted by atomic mass is 10.0. The van der Waals surface area contributed by atoms with E-state index in [-0.39, 0.29) is 18.2 Å². The fraction of sp³-hybridized carbons (Fsp3) is 0.471. The standard InChI is InChI=1S/C15H16N2O4.C2H6/c1-8-5-9-7-17(10-3-4-12(18)16-14(10)19)15(20)13(9)11(6-8)21-2;1-2/h5-6,10H,3-4,7H2,1-2H3,(H,16,18,19);1-2H3. The Morgan fingerprint density at radius 2 is 1.91 bits per heavy atom. The van der Waals surface area contributed by atoms with E-state index in [1.54, 1.807) is 0 Å². The Morgan fingerprint density at radius 1 is 1.22 bits per heavy atom. The molecule has 6 nitrogen and oxygen atoms in total. The number of benzene rings is 1. The number of ether oxygens (including phenoxy) is 1. The third-order valence-electron chi connectivity index (χ3n) is 3.95. The summed E-state index contributed by atoms with van der Waals surface area (Å²) < 4.78 is 5.29. The number of nitrogens with zero attached hydrogens (tertiary/aromatic N) is 1. The van der Waals surface area contributed by atoms with Crippen LogP contribution in [0.25, 0.3) is 0 Å². The van der Waals surface area contributed by atoms with Crippen molar-refractivity contribution in [2.24, 2.45) is 0 Å². The van der Waals surface area contributed by atoms with Crippen molar-refractivity contribution in [1.29, 1.82) is 0 Å². The van der Waals surface area contributed by atoms with Crippen LogP contribution in [-0.2, 0) is 16.1 Å². The molecule has 124 valence electrons. The van der Waals surface area contributed by atoms with E-state index in [1.165, 1.54) is 12.0 Å². The molecular weight excluding hydrogens is 296 g/mol. The number of nitrogens with one attached hydrogen (secondary N) is 1. The molecule has 2 heterocycles. The van der Waals surface area contributed by atoms with Gasteiger partial charge < -0.3 is 9.64 Å². The third kappa shape index (κ3) is 3.06. The zero-order valence-corrected chi connectivity index (χ0v) is 13.9. The number of fused-ring (bicyclic) bond motifs is 1. The summed E-state index contributed by atoms with van der Waals surface area (Å²) in [6.45, 7) is 6.31. The van der Waals surface area contributed by atoms with Crippen LogP contribution in [0.15, 0.2) is 12.1 Å². The number of hydrogen-bond donors (Lipinski definition) is 1. The number of imide groups is 1. The highest BCUT2D eigenvalue weighted by Crippen LogP contribution is 2.34. The quantitative estimate of drug-likeness (QED) is 0.844. The van der Waals surface area contributed by atoms with Crippen LogP contribution in [0.1, 0.15) is 48.2 Å². The molecule has 2 aliphatic heterocycles. The second-order valence-electron chi connectivity index (χ2n) is 5.40. The molecule has 0 bridgehead atoms. The van der Waals surface area contributed by atoms with E-state index in [2.05, 4.69) is 5.32 Å². The van der Waals surface area contributed by atoms with Gasteiger partial charge in [-0.3, -0.25) is 19.7 Å². The van der Waals surface area contributed by atoms with E-state index in [0.29, 0.717) is 24.3 Å². The van der Waals surface area contributed by atoms with Gasteiger partial charge in [-0.2, -0.15) is 0 Å². The van der Waals surface area contributed by atoms with E-state index >= 15 is 0 Å². The number of hydrogen-bond acceptors (Lipinski definition) is 4.